The van der Waals surface area contributed by atoms with Crippen molar-refractivity contribution >= 4 is 5.91 Å². The predicted octanol–water partition coefficient (Wildman–Crippen LogP) is 0.726. The Kier molecular flexibility index (Phi) is 2.25. The van der Waals surface area contributed by atoms with Gasteiger partial charge in [-0.2, -0.15) is 0 Å². The molecule has 60 valence electrons. The SMILES string of the molecule is CCCc1nc(C(N)=O)co1. The normalized spacial score (nSPS) is 9.91. The predicted molar refractivity (Wildman–Crippen MR) is 39.0 cm³/mol. The lowest BCUT2D eigenvalue weighted by atomic mass is 10.3. The van der Waals surface area contributed by atoms with Crippen LogP contribution in [0.4, 0.5) is 0 Å². The van der Waals surface area contributed by atoms with E-state index in [1.807, 2.05) is 6.92 Å². The molecule has 0 fully saturated rings. The van der Waals surface area contributed by atoms with Gasteiger partial charge in [0, 0.05) is 6.42 Å². The Hall–Kier alpha value is -1.32. The first-order valence-corrected chi connectivity index (χ1v) is 3.48. The van der Waals surface area contributed by atoms with Gasteiger partial charge in [0.05, 0.1) is 0 Å². The number of aryl methyl sites for hydroxylation is 1. The molecule has 0 radical (unpaired) electrons. The molecule has 2 N–H and O–H groups in total. The molecule has 1 aromatic rings. The van der Waals surface area contributed by atoms with Crippen LogP contribution in [0.1, 0.15) is 29.7 Å². The zero-order valence-electron chi connectivity index (χ0n) is 6.33. The van der Waals surface area contributed by atoms with Crippen LogP contribution in [0.25, 0.3) is 0 Å². The van der Waals surface area contributed by atoms with Crippen LogP contribution in [0, 0.1) is 0 Å². The van der Waals surface area contributed by atoms with Crippen molar-refractivity contribution < 1.29 is 9.21 Å². The lowest BCUT2D eigenvalue weighted by molar-refractivity contribution is 0.0995. The van der Waals surface area contributed by atoms with Crippen LogP contribution in [-0.2, 0) is 6.42 Å². The largest absolute Gasteiger partial charge is 0.448 e. The summed E-state index contributed by atoms with van der Waals surface area (Å²) in [7, 11) is 0. The van der Waals surface area contributed by atoms with E-state index in [1.54, 1.807) is 0 Å². The number of amides is 1. The second kappa shape index (κ2) is 3.18. The fourth-order valence-corrected chi connectivity index (χ4v) is 0.753. The van der Waals surface area contributed by atoms with Gasteiger partial charge in [-0.05, 0) is 6.42 Å². The van der Waals surface area contributed by atoms with Crippen LogP contribution < -0.4 is 5.73 Å². The average Bonchev–Trinajstić information content (AvgIpc) is 2.37. The maximum atomic E-state index is 10.5. The molecule has 0 bridgehead atoms. The van der Waals surface area contributed by atoms with Crippen LogP contribution in [0.15, 0.2) is 10.7 Å². The van der Waals surface area contributed by atoms with Crippen molar-refractivity contribution in [3.63, 3.8) is 0 Å². The maximum absolute atomic E-state index is 10.5. The molecule has 0 aliphatic rings. The number of primary amides is 1. The van der Waals surface area contributed by atoms with Crippen LogP contribution in [0.2, 0.25) is 0 Å². The first-order valence-electron chi connectivity index (χ1n) is 3.48. The van der Waals surface area contributed by atoms with Crippen LogP contribution in [0.3, 0.4) is 0 Å². The van der Waals surface area contributed by atoms with E-state index in [4.69, 9.17) is 10.2 Å². The second-order valence-corrected chi connectivity index (χ2v) is 2.24. The van der Waals surface area contributed by atoms with E-state index in [9.17, 15) is 4.79 Å². The monoisotopic (exact) mass is 154 g/mol. The number of oxazole rings is 1. The highest BCUT2D eigenvalue weighted by Crippen LogP contribution is 2.03. The minimum Gasteiger partial charge on any atom is -0.448 e. The Labute approximate surface area is 64.4 Å². The molecule has 0 saturated carbocycles. The summed E-state index contributed by atoms with van der Waals surface area (Å²) >= 11 is 0. The number of hydrogen-bond acceptors (Lipinski definition) is 3. The van der Waals surface area contributed by atoms with Crippen molar-refractivity contribution in [2.45, 2.75) is 19.8 Å². The lowest BCUT2D eigenvalue weighted by Crippen LogP contribution is -2.11. The van der Waals surface area contributed by atoms with Gasteiger partial charge in [-0.15, -0.1) is 0 Å². The zero-order chi connectivity index (χ0) is 8.27. The van der Waals surface area contributed by atoms with Gasteiger partial charge in [-0.25, -0.2) is 4.98 Å². The highest BCUT2D eigenvalue weighted by Gasteiger charge is 2.06. The number of aromatic nitrogens is 1. The molecule has 11 heavy (non-hydrogen) atoms. The highest BCUT2D eigenvalue weighted by molar-refractivity contribution is 5.90. The Morgan fingerprint density at radius 2 is 2.55 bits per heavy atom. The first kappa shape index (κ1) is 7.78. The van der Waals surface area contributed by atoms with E-state index in [0.717, 1.165) is 12.8 Å². The van der Waals surface area contributed by atoms with E-state index < -0.39 is 5.91 Å². The molecule has 1 heterocycles. The molecule has 1 rings (SSSR count). The molecule has 4 heteroatoms. The standard InChI is InChI=1S/C7H10N2O2/c1-2-3-6-9-5(4-11-6)7(8)10/h4H,2-3H2,1H3,(H2,8,10). The molecule has 1 amide bonds. The average molecular weight is 154 g/mol. The highest BCUT2D eigenvalue weighted by atomic mass is 16.3. The third kappa shape index (κ3) is 1.80. The second-order valence-electron chi connectivity index (χ2n) is 2.24. The number of rotatable bonds is 3. The van der Waals surface area contributed by atoms with Crippen LogP contribution in [-0.4, -0.2) is 10.9 Å². The smallest absolute Gasteiger partial charge is 0.270 e. The molecule has 0 unspecified atom stereocenters. The summed E-state index contributed by atoms with van der Waals surface area (Å²) in [6.07, 6.45) is 2.97. The molecule has 0 aliphatic carbocycles. The zero-order valence-corrected chi connectivity index (χ0v) is 6.33. The summed E-state index contributed by atoms with van der Waals surface area (Å²) < 4.78 is 4.95. The first-order chi connectivity index (χ1) is 5.24. The summed E-state index contributed by atoms with van der Waals surface area (Å²) in [4.78, 5) is 14.4. The van der Waals surface area contributed by atoms with Gasteiger partial charge in [0.15, 0.2) is 11.6 Å². The third-order valence-electron chi connectivity index (χ3n) is 1.27. The van der Waals surface area contributed by atoms with Crippen molar-refractivity contribution in [2.75, 3.05) is 0 Å². The van der Waals surface area contributed by atoms with Gasteiger partial charge in [0.2, 0.25) is 0 Å². The topological polar surface area (TPSA) is 69.1 Å². The third-order valence-corrected chi connectivity index (χ3v) is 1.27. The summed E-state index contributed by atoms with van der Waals surface area (Å²) in [5.41, 5.74) is 5.16. The Balaban J connectivity index is 2.73. The molecule has 4 nitrogen and oxygen atoms in total. The van der Waals surface area contributed by atoms with Gasteiger partial charge >= 0.3 is 0 Å². The molecule has 1 aromatic heterocycles. The van der Waals surface area contributed by atoms with Gasteiger partial charge < -0.3 is 10.2 Å². The van der Waals surface area contributed by atoms with Gasteiger partial charge in [0.1, 0.15) is 6.26 Å². The number of nitrogens with two attached hydrogens (primary N) is 1. The summed E-state index contributed by atoms with van der Waals surface area (Å²) in [6.45, 7) is 2.01. The minimum atomic E-state index is -0.545. The Bertz CT molecular complexity index is 255. The van der Waals surface area contributed by atoms with E-state index in [0.29, 0.717) is 5.89 Å². The van der Waals surface area contributed by atoms with E-state index >= 15 is 0 Å². The van der Waals surface area contributed by atoms with Crippen LogP contribution in [0.5, 0.6) is 0 Å². The van der Waals surface area contributed by atoms with Crippen molar-refractivity contribution in [1.82, 2.24) is 4.98 Å². The molecular formula is C7H10N2O2. The summed E-state index contributed by atoms with van der Waals surface area (Å²) in [5, 5.41) is 0. The van der Waals surface area contributed by atoms with Gasteiger partial charge in [-0.3, -0.25) is 4.79 Å². The molecule has 0 atom stereocenters. The number of carbonyl (C=O) groups excluding carboxylic acids is 1. The molecular weight excluding hydrogens is 144 g/mol. The maximum Gasteiger partial charge on any atom is 0.270 e. The number of hydrogen-bond donors (Lipinski definition) is 1. The Morgan fingerprint density at radius 1 is 1.82 bits per heavy atom. The van der Waals surface area contributed by atoms with Gasteiger partial charge in [0.25, 0.3) is 5.91 Å². The fourth-order valence-electron chi connectivity index (χ4n) is 0.753. The Morgan fingerprint density at radius 3 is 3.00 bits per heavy atom. The van der Waals surface area contributed by atoms with E-state index in [1.165, 1.54) is 6.26 Å². The van der Waals surface area contributed by atoms with Crippen molar-refractivity contribution in [2.24, 2.45) is 5.73 Å². The molecule has 0 aliphatic heterocycles. The lowest BCUT2D eigenvalue weighted by Gasteiger charge is -1.85. The van der Waals surface area contributed by atoms with Crippen molar-refractivity contribution in [3.8, 4) is 0 Å². The van der Waals surface area contributed by atoms with Crippen molar-refractivity contribution in [1.29, 1.82) is 0 Å². The molecule has 0 spiro atoms. The van der Waals surface area contributed by atoms with Crippen molar-refractivity contribution in [3.05, 3.63) is 17.8 Å². The minimum absolute atomic E-state index is 0.202. The summed E-state index contributed by atoms with van der Waals surface area (Å²) in [5.74, 6) is 0.0254. The van der Waals surface area contributed by atoms with Crippen LogP contribution >= 0.6 is 0 Å². The number of nitrogens with zero attached hydrogens (tertiary/aromatic N) is 1. The summed E-state index contributed by atoms with van der Waals surface area (Å²) in [6, 6.07) is 0. The van der Waals surface area contributed by atoms with E-state index in [-0.39, 0.29) is 5.69 Å². The molecule has 0 aromatic carbocycles. The molecule has 0 saturated heterocycles. The van der Waals surface area contributed by atoms with Gasteiger partial charge in [-0.1, -0.05) is 6.92 Å². The fraction of sp³-hybridized carbons (Fsp3) is 0.429. The quantitative estimate of drug-likeness (QED) is 0.697. The van der Waals surface area contributed by atoms with E-state index in [2.05, 4.69) is 4.98 Å². The number of carbonyl (C=O) groups is 1.